The molecule has 7 heteroatoms. The number of aliphatic imine (C=N–C) groups is 1. The molecule has 3 rings (SSSR count). The molecule has 2 fully saturated rings. The Morgan fingerprint density at radius 3 is 2.48 bits per heavy atom. The lowest BCUT2D eigenvalue weighted by atomic mass is 10.1. The summed E-state index contributed by atoms with van der Waals surface area (Å²) in [5.41, 5.74) is 1.62. The number of nitrogens with one attached hydrogen (secondary N) is 2. The van der Waals surface area contributed by atoms with Crippen molar-refractivity contribution in [1.29, 1.82) is 0 Å². The lowest BCUT2D eigenvalue weighted by Gasteiger charge is -2.35. The molecule has 0 atom stereocenters. The summed E-state index contributed by atoms with van der Waals surface area (Å²) in [6, 6.07) is 5.54. The number of halogens is 2. The van der Waals surface area contributed by atoms with E-state index in [1.54, 1.807) is 6.07 Å². The van der Waals surface area contributed by atoms with Crippen LogP contribution in [0.5, 0.6) is 0 Å². The Bertz CT molecular complexity index is 612. The number of hydrogen-bond donors (Lipinski definition) is 2. The van der Waals surface area contributed by atoms with Gasteiger partial charge in [-0.05, 0) is 49.9 Å². The number of benzene rings is 1. The van der Waals surface area contributed by atoms with Crippen LogP contribution in [-0.2, 0) is 6.54 Å². The predicted molar refractivity (Wildman–Crippen MR) is 122 cm³/mol. The summed E-state index contributed by atoms with van der Waals surface area (Å²) in [5.74, 6) is 1.47. The second-order valence-corrected chi connectivity index (χ2v) is 7.23. The minimum atomic E-state index is -0.140. The van der Waals surface area contributed by atoms with E-state index in [0.29, 0.717) is 12.2 Å². The molecule has 152 valence electrons. The van der Waals surface area contributed by atoms with Gasteiger partial charge in [-0.2, -0.15) is 0 Å². The van der Waals surface area contributed by atoms with Crippen LogP contribution in [-0.4, -0.2) is 56.7 Å². The number of piperazine rings is 1. The summed E-state index contributed by atoms with van der Waals surface area (Å²) in [6.07, 6.45) is 2.62. The van der Waals surface area contributed by atoms with Gasteiger partial charge in [-0.3, -0.25) is 0 Å². The first-order chi connectivity index (χ1) is 12.7. The Hall–Kier alpha value is -1.09. The molecule has 5 nitrogen and oxygen atoms in total. The first kappa shape index (κ1) is 22.2. The van der Waals surface area contributed by atoms with Gasteiger partial charge in [0.05, 0.1) is 12.2 Å². The normalized spacial score (nSPS) is 18.2. The maximum atomic E-state index is 14.6. The Kier molecular flexibility index (Phi) is 9.08. The number of rotatable bonds is 7. The van der Waals surface area contributed by atoms with E-state index < -0.39 is 0 Å². The minimum Gasteiger partial charge on any atom is -0.367 e. The van der Waals surface area contributed by atoms with Crippen molar-refractivity contribution in [3.8, 4) is 0 Å². The van der Waals surface area contributed by atoms with Gasteiger partial charge in [0.15, 0.2) is 5.96 Å². The third kappa shape index (κ3) is 6.78. The van der Waals surface area contributed by atoms with Crippen LogP contribution < -0.4 is 15.5 Å². The first-order valence-corrected chi connectivity index (χ1v) is 9.97. The molecule has 1 aliphatic heterocycles. The van der Waals surface area contributed by atoms with Crippen molar-refractivity contribution >= 4 is 35.6 Å². The van der Waals surface area contributed by atoms with Crippen molar-refractivity contribution in [2.24, 2.45) is 10.9 Å². The van der Waals surface area contributed by atoms with E-state index in [1.807, 2.05) is 12.1 Å². The lowest BCUT2D eigenvalue weighted by molar-refractivity contribution is 0.270. The predicted octanol–water partition coefficient (Wildman–Crippen LogP) is 3.05. The Morgan fingerprint density at radius 1 is 1.15 bits per heavy atom. The average molecular weight is 489 g/mol. The van der Waals surface area contributed by atoms with E-state index in [1.165, 1.54) is 12.8 Å². The molecule has 0 unspecified atom stereocenters. The van der Waals surface area contributed by atoms with Crippen LogP contribution in [0, 0.1) is 11.7 Å². The molecule has 1 saturated carbocycles. The van der Waals surface area contributed by atoms with Gasteiger partial charge in [-0.25, -0.2) is 9.38 Å². The van der Waals surface area contributed by atoms with E-state index in [-0.39, 0.29) is 29.8 Å². The summed E-state index contributed by atoms with van der Waals surface area (Å²) in [4.78, 5) is 9.14. The molecule has 2 N–H and O–H groups in total. The Labute approximate surface area is 179 Å². The molecule has 1 aromatic carbocycles. The summed E-state index contributed by atoms with van der Waals surface area (Å²) in [6.45, 7) is 11.4. The van der Waals surface area contributed by atoms with E-state index in [4.69, 9.17) is 0 Å². The van der Waals surface area contributed by atoms with Crippen LogP contribution in [0.3, 0.4) is 0 Å². The van der Waals surface area contributed by atoms with Crippen molar-refractivity contribution in [2.75, 3.05) is 50.7 Å². The molecule has 0 radical (unpaired) electrons. The molecule has 0 spiro atoms. The molecule has 0 bridgehead atoms. The summed E-state index contributed by atoms with van der Waals surface area (Å²) in [5, 5.41) is 6.63. The van der Waals surface area contributed by atoms with Crippen molar-refractivity contribution in [3.63, 3.8) is 0 Å². The maximum absolute atomic E-state index is 14.6. The number of anilines is 1. The molecule has 1 heterocycles. The summed E-state index contributed by atoms with van der Waals surface area (Å²) < 4.78 is 14.6. The fourth-order valence-corrected chi connectivity index (χ4v) is 3.29. The highest BCUT2D eigenvalue weighted by Crippen LogP contribution is 2.27. The largest absolute Gasteiger partial charge is 0.367 e. The van der Waals surface area contributed by atoms with E-state index in [0.717, 1.165) is 63.3 Å². The first-order valence-electron chi connectivity index (χ1n) is 9.97. The SMILES string of the molecule is CCNC(=NCc1ccc(N2CCN(CC)CC2)c(F)c1)NCC1CC1.I. The monoisotopic (exact) mass is 489 g/mol. The quantitative estimate of drug-likeness (QED) is 0.351. The Balaban J connectivity index is 0.00000261. The maximum Gasteiger partial charge on any atom is 0.191 e. The van der Waals surface area contributed by atoms with Crippen molar-refractivity contribution in [1.82, 2.24) is 15.5 Å². The zero-order chi connectivity index (χ0) is 18.4. The highest BCUT2D eigenvalue weighted by Gasteiger charge is 2.21. The van der Waals surface area contributed by atoms with E-state index in [2.05, 4.69) is 39.3 Å². The summed E-state index contributed by atoms with van der Waals surface area (Å²) in [7, 11) is 0. The van der Waals surface area contributed by atoms with Crippen LogP contribution in [0.1, 0.15) is 32.3 Å². The fourth-order valence-electron chi connectivity index (χ4n) is 3.29. The van der Waals surface area contributed by atoms with Gasteiger partial charge in [0.2, 0.25) is 0 Å². The van der Waals surface area contributed by atoms with Gasteiger partial charge in [-0.15, -0.1) is 24.0 Å². The van der Waals surface area contributed by atoms with Gasteiger partial charge in [-0.1, -0.05) is 13.0 Å². The highest BCUT2D eigenvalue weighted by molar-refractivity contribution is 14.0. The van der Waals surface area contributed by atoms with Crippen LogP contribution >= 0.6 is 24.0 Å². The number of likely N-dealkylation sites (N-methyl/N-ethyl adjacent to an activating group) is 1. The van der Waals surface area contributed by atoms with Gasteiger partial charge < -0.3 is 20.4 Å². The number of hydrogen-bond acceptors (Lipinski definition) is 3. The molecular formula is C20H33FIN5. The number of nitrogens with zero attached hydrogens (tertiary/aromatic N) is 3. The number of guanidine groups is 1. The van der Waals surface area contributed by atoms with E-state index >= 15 is 0 Å². The van der Waals surface area contributed by atoms with Crippen LogP contribution in [0.15, 0.2) is 23.2 Å². The second-order valence-electron chi connectivity index (χ2n) is 7.23. The minimum absolute atomic E-state index is 0. The summed E-state index contributed by atoms with van der Waals surface area (Å²) >= 11 is 0. The fraction of sp³-hybridized carbons (Fsp3) is 0.650. The van der Waals surface area contributed by atoms with Crippen molar-refractivity contribution in [2.45, 2.75) is 33.2 Å². The third-order valence-corrected chi connectivity index (χ3v) is 5.19. The topological polar surface area (TPSA) is 42.9 Å². The Morgan fingerprint density at radius 2 is 1.89 bits per heavy atom. The molecule has 0 aromatic heterocycles. The smallest absolute Gasteiger partial charge is 0.191 e. The molecule has 1 saturated heterocycles. The van der Waals surface area contributed by atoms with E-state index in [9.17, 15) is 4.39 Å². The molecule has 0 amide bonds. The third-order valence-electron chi connectivity index (χ3n) is 5.19. The van der Waals surface area contributed by atoms with Crippen LogP contribution in [0.25, 0.3) is 0 Å². The van der Waals surface area contributed by atoms with Gasteiger partial charge in [0, 0.05) is 39.3 Å². The molecule has 1 aliphatic carbocycles. The van der Waals surface area contributed by atoms with Gasteiger partial charge in [0.25, 0.3) is 0 Å². The van der Waals surface area contributed by atoms with Crippen LogP contribution in [0.2, 0.25) is 0 Å². The average Bonchev–Trinajstić information content (AvgIpc) is 3.49. The molecular weight excluding hydrogens is 456 g/mol. The zero-order valence-electron chi connectivity index (χ0n) is 16.5. The molecule has 27 heavy (non-hydrogen) atoms. The standard InChI is InChI=1S/C20H32FN5.HI/c1-3-22-20(23-14-16-5-6-16)24-15-17-7-8-19(18(21)13-17)26-11-9-25(4-2)10-12-26;/h7-8,13,16H,3-6,9-12,14-15H2,1-2H3,(H2,22,23,24);1H. The van der Waals surface area contributed by atoms with Gasteiger partial charge >= 0.3 is 0 Å². The van der Waals surface area contributed by atoms with Crippen LogP contribution in [0.4, 0.5) is 10.1 Å². The zero-order valence-corrected chi connectivity index (χ0v) is 18.8. The van der Waals surface area contributed by atoms with Crippen molar-refractivity contribution in [3.05, 3.63) is 29.6 Å². The highest BCUT2D eigenvalue weighted by atomic mass is 127. The second kappa shape index (κ2) is 11.0. The van der Waals surface area contributed by atoms with Crippen molar-refractivity contribution < 1.29 is 4.39 Å². The molecule has 1 aromatic rings. The molecule has 2 aliphatic rings. The lowest BCUT2D eigenvalue weighted by Crippen LogP contribution is -2.46. The van der Waals surface area contributed by atoms with Gasteiger partial charge in [0.1, 0.15) is 5.82 Å².